The molecule has 0 aliphatic carbocycles. The summed E-state index contributed by atoms with van der Waals surface area (Å²) in [5.74, 6) is -0.479. The van der Waals surface area contributed by atoms with Crippen molar-refractivity contribution >= 4 is 40.9 Å². The molecule has 0 atom stereocenters. The van der Waals surface area contributed by atoms with Gasteiger partial charge in [0.05, 0.1) is 34.9 Å². The number of nitriles is 1. The van der Waals surface area contributed by atoms with Crippen LogP contribution in [0.1, 0.15) is 22.8 Å². The van der Waals surface area contributed by atoms with E-state index in [2.05, 4.69) is 5.32 Å². The number of benzene rings is 3. The van der Waals surface area contributed by atoms with Gasteiger partial charge in [0.15, 0.2) is 11.5 Å². The van der Waals surface area contributed by atoms with Gasteiger partial charge >= 0.3 is 5.97 Å². The number of carbonyl (C=O) groups is 2. The first-order chi connectivity index (χ1) is 17.7. The number of carbonyl (C=O) groups excluding carboxylic acids is 2. The maximum atomic E-state index is 12.7. The summed E-state index contributed by atoms with van der Waals surface area (Å²) in [6.45, 7) is 2.01. The molecule has 3 rings (SSSR count). The quantitative estimate of drug-likeness (QED) is 0.0982. The van der Waals surface area contributed by atoms with Gasteiger partial charge in [0.2, 0.25) is 0 Å². The van der Waals surface area contributed by atoms with Crippen molar-refractivity contribution in [1.82, 2.24) is 0 Å². The molecule has 1 N–H and O–H groups in total. The second-order valence-corrected chi connectivity index (χ2v) is 7.71. The number of nitro benzene ring substituents is 1. The highest BCUT2D eigenvalue weighted by Crippen LogP contribution is 2.31. The molecule has 3 aromatic carbocycles. The number of esters is 1. The molecular weight excluding hydrogens is 502 g/mol. The fourth-order valence-corrected chi connectivity index (χ4v) is 3.25. The Morgan fingerprint density at radius 2 is 1.84 bits per heavy atom. The lowest BCUT2D eigenvalue weighted by Gasteiger charge is -2.12. The average Bonchev–Trinajstić information content (AvgIpc) is 2.89. The van der Waals surface area contributed by atoms with Crippen molar-refractivity contribution in [2.75, 3.05) is 19.0 Å². The van der Waals surface area contributed by atoms with Crippen LogP contribution in [0.3, 0.4) is 0 Å². The van der Waals surface area contributed by atoms with Crippen LogP contribution >= 0.6 is 11.6 Å². The summed E-state index contributed by atoms with van der Waals surface area (Å²) in [4.78, 5) is 35.6. The van der Waals surface area contributed by atoms with Crippen LogP contribution < -0.4 is 19.5 Å². The van der Waals surface area contributed by atoms with Crippen molar-refractivity contribution in [3.05, 3.63) is 92.5 Å². The first-order valence-electron chi connectivity index (χ1n) is 10.8. The average molecular weight is 522 g/mol. The fourth-order valence-electron chi connectivity index (χ4n) is 3.08. The molecule has 188 valence electrons. The molecular formula is C26H20ClN3O7. The van der Waals surface area contributed by atoms with E-state index in [9.17, 15) is 25.0 Å². The number of nitrogens with zero attached hydrogens (tertiary/aromatic N) is 2. The van der Waals surface area contributed by atoms with Gasteiger partial charge in [-0.3, -0.25) is 14.9 Å². The summed E-state index contributed by atoms with van der Waals surface area (Å²) in [5, 5.41) is 23.0. The van der Waals surface area contributed by atoms with Gasteiger partial charge in [-0.1, -0.05) is 17.7 Å². The van der Waals surface area contributed by atoms with Gasteiger partial charge in [0.1, 0.15) is 17.4 Å². The van der Waals surface area contributed by atoms with E-state index in [0.29, 0.717) is 16.9 Å². The van der Waals surface area contributed by atoms with E-state index >= 15 is 0 Å². The SMILES string of the molecule is CCOc1cc(/C=C(\C#N)C(=O)Nc2cc([N+](=O)[O-])ccc2Cl)ccc1OC(=O)c1ccc(OC)cc1. The summed E-state index contributed by atoms with van der Waals surface area (Å²) in [6, 6.07) is 16.2. The zero-order valence-electron chi connectivity index (χ0n) is 19.7. The van der Waals surface area contributed by atoms with Gasteiger partial charge in [-0.15, -0.1) is 0 Å². The maximum absolute atomic E-state index is 12.7. The summed E-state index contributed by atoms with van der Waals surface area (Å²) in [5.41, 5.74) is 0.120. The number of nitro groups is 1. The number of amides is 1. The van der Waals surface area contributed by atoms with Crippen molar-refractivity contribution in [3.63, 3.8) is 0 Å². The predicted octanol–water partition coefficient (Wildman–Crippen LogP) is 5.42. The number of hydrogen-bond acceptors (Lipinski definition) is 8. The van der Waals surface area contributed by atoms with E-state index in [4.69, 9.17) is 25.8 Å². The molecule has 0 fully saturated rings. The third-order valence-electron chi connectivity index (χ3n) is 4.88. The molecule has 0 aliphatic rings. The molecule has 0 aromatic heterocycles. The zero-order chi connectivity index (χ0) is 26.9. The Balaban J connectivity index is 1.83. The number of halogens is 1. The van der Waals surface area contributed by atoms with Crippen molar-refractivity contribution < 1.29 is 28.7 Å². The Morgan fingerprint density at radius 3 is 2.46 bits per heavy atom. The van der Waals surface area contributed by atoms with Gasteiger partial charge in [-0.25, -0.2) is 4.79 Å². The predicted molar refractivity (Wildman–Crippen MR) is 136 cm³/mol. The second-order valence-electron chi connectivity index (χ2n) is 7.30. The maximum Gasteiger partial charge on any atom is 0.343 e. The molecule has 3 aromatic rings. The highest BCUT2D eigenvalue weighted by Gasteiger charge is 2.17. The Kier molecular flexibility index (Phi) is 8.81. The van der Waals surface area contributed by atoms with Gasteiger partial charge in [-0.2, -0.15) is 5.26 Å². The summed E-state index contributed by atoms with van der Waals surface area (Å²) in [6.07, 6.45) is 1.29. The van der Waals surface area contributed by atoms with Crippen LogP contribution in [-0.2, 0) is 4.79 Å². The monoisotopic (exact) mass is 521 g/mol. The minimum Gasteiger partial charge on any atom is -0.497 e. The molecule has 0 spiro atoms. The standard InChI is InChI=1S/C26H20ClN3O7/c1-3-36-24-13-16(4-11-23(24)37-26(32)17-5-8-20(35-2)9-6-17)12-18(15-28)25(31)29-22-14-19(30(33)34)7-10-21(22)27/h4-14H,3H2,1-2H3,(H,29,31)/b18-12+. The van der Waals surface area contributed by atoms with Crippen LogP contribution in [0.2, 0.25) is 5.02 Å². The molecule has 0 heterocycles. The second kappa shape index (κ2) is 12.2. The van der Waals surface area contributed by atoms with Crippen LogP contribution in [0.4, 0.5) is 11.4 Å². The highest BCUT2D eigenvalue weighted by molar-refractivity contribution is 6.34. The Labute approximate surface area is 216 Å². The third kappa shape index (κ3) is 6.84. The van der Waals surface area contributed by atoms with E-state index in [1.165, 1.54) is 43.5 Å². The minimum atomic E-state index is -0.821. The molecule has 1 amide bonds. The number of nitrogens with one attached hydrogen (secondary N) is 1. The number of rotatable bonds is 9. The molecule has 0 unspecified atom stereocenters. The molecule has 10 nitrogen and oxygen atoms in total. The van der Waals surface area contributed by atoms with E-state index in [0.717, 1.165) is 6.07 Å². The molecule has 0 saturated carbocycles. The van der Waals surface area contributed by atoms with E-state index in [1.807, 2.05) is 0 Å². The van der Waals surface area contributed by atoms with Gasteiger partial charge in [-0.05, 0) is 61.0 Å². The summed E-state index contributed by atoms with van der Waals surface area (Å²) < 4.78 is 16.1. The number of anilines is 1. The van der Waals surface area contributed by atoms with Gasteiger partial charge < -0.3 is 19.5 Å². The fraction of sp³-hybridized carbons (Fsp3) is 0.115. The number of ether oxygens (including phenoxy) is 3. The van der Waals surface area contributed by atoms with E-state index in [1.54, 1.807) is 37.3 Å². The molecule has 37 heavy (non-hydrogen) atoms. The van der Waals surface area contributed by atoms with E-state index < -0.39 is 16.8 Å². The Bertz CT molecular complexity index is 1410. The van der Waals surface area contributed by atoms with E-state index in [-0.39, 0.29) is 40.1 Å². The van der Waals surface area contributed by atoms with Crippen LogP contribution in [0.15, 0.2) is 66.2 Å². The van der Waals surface area contributed by atoms with Crippen molar-refractivity contribution in [1.29, 1.82) is 5.26 Å². The number of non-ortho nitro benzene ring substituents is 1. The highest BCUT2D eigenvalue weighted by atomic mass is 35.5. The van der Waals surface area contributed by atoms with Crippen molar-refractivity contribution in [3.8, 4) is 23.3 Å². The van der Waals surface area contributed by atoms with Crippen LogP contribution in [0, 0.1) is 21.4 Å². The van der Waals surface area contributed by atoms with Gasteiger partial charge in [0.25, 0.3) is 11.6 Å². The van der Waals surface area contributed by atoms with Crippen LogP contribution in [0.25, 0.3) is 6.08 Å². The lowest BCUT2D eigenvalue weighted by Crippen LogP contribution is -2.14. The Morgan fingerprint density at radius 1 is 1.11 bits per heavy atom. The molecule has 0 aliphatic heterocycles. The summed E-state index contributed by atoms with van der Waals surface area (Å²) in [7, 11) is 1.52. The lowest BCUT2D eigenvalue weighted by atomic mass is 10.1. The van der Waals surface area contributed by atoms with Crippen LogP contribution in [0.5, 0.6) is 17.2 Å². The molecule has 0 saturated heterocycles. The van der Waals surface area contributed by atoms with Crippen molar-refractivity contribution in [2.45, 2.75) is 6.92 Å². The minimum absolute atomic E-state index is 0.0159. The topological polar surface area (TPSA) is 141 Å². The molecule has 0 bridgehead atoms. The number of methoxy groups -OCH3 is 1. The van der Waals surface area contributed by atoms with Crippen molar-refractivity contribution in [2.24, 2.45) is 0 Å². The first-order valence-corrected chi connectivity index (χ1v) is 11.1. The summed E-state index contributed by atoms with van der Waals surface area (Å²) >= 11 is 6.02. The normalized spacial score (nSPS) is 10.7. The molecule has 0 radical (unpaired) electrons. The largest absolute Gasteiger partial charge is 0.497 e. The van der Waals surface area contributed by atoms with Gasteiger partial charge in [0, 0.05) is 12.1 Å². The lowest BCUT2D eigenvalue weighted by molar-refractivity contribution is -0.384. The number of hydrogen-bond donors (Lipinski definition) is 1. The molecule has 11 heteroatoms. The van der Waals surface area contributed by atoms with Crippen LogP contribution in [-0.4, -0.2) is 30.5 Å². The third-order valence-corrected chi connectivity index (χ3v) is 5.21. The first kappa shape index (κ1) is 26.7. The smallest absolute Gasteiger partial charge is 0.343 e. The Hall–Kier alpha value is -4.88. The zero-order valence-corrected chi connectivity index (χ0v) is 20.4.